The standard InChI is InChI=1S/C30H32N2O7/c1-4-36-28(35)25-23-22(26(33)32(27(23)34)17-19-13-9-6-10-14-19)24(31(25)16-18-11-7-5-8-12-18)20-15-21-29(37-20)39-30(2,3)38-21/h5-15,21-25,29H,4,16-17H2,1-3H3/t21-,22-,23+,24-,25+,29-/m1/s1. The lowest BCUT2D eigenvalue weighted by atomic mass is 9.88. The first kappa shape index (κ1) is 25.7. The van der Waals surface area contributed by atoms with Crippen molar-refractivity contribution in [2.75, 3.05) is 6.61 Å². The summed E-state index contributed by atoms with van der Waals surface area (Å²) >= 11 is 0. The fourth-order valence-corrected chi connectivity index (χ4v) is 6.25. The van der Waals surface area contributed by atoms with E-state index in [0.29, 0.717) is 12.3 Å². The van der Waals surface area contributed by atoms with Gasteiger partial charge in [0.25, 0.3) is 0 Å². The zero-order chi connectivity index (χ0) is 27.3. The van der Waals surface area contributed by atoms with Gasteiger partial charge >= 0.3 is 5.97 Å². The van der Waals surface area contributed by atoms with Gasteiger partial charge in [-0.1, -0.05) is 60.7 Å². The van der Waals surface area contributed by atoms with Crippen molar-refractivity contribution in [2.24, 2.45) is 11.8 Å². The summed E-state index contributed by atoms with van der Waals surface area (Å²) in [7, 11) is 0. The number of carbonyl (C=O) groups excluding carboxylic acids is 3. The maximum Gasteiger partial charge on any atom is 0.324 e. The molecule has 0 unspecified atom stereocenters. The molecule has 2 amide bonds. The van der Waals surface area contributed by atoms with Crippen LogP contribution in [0.4, 0.5) is 0 Å². The number of rotatable bonds is 7. The second-order valence-electron chi connectivity index (χ2n) is 10.8. The number of likely N-dealkylation sites (tertiary alicyclic amines) is 2. The summed E-state index contributed by atoms with van der Waals surface area (Å²) in [6.45, 7) is 5.97. The van der Waals surface area contributed by atoms with Crippen molar-refractivity contribution >= 4 is 17.8 Å². The fraction of sp³-hybridized carbons (Fsp3) is 0.433. The van der Waals surface area contributed by atoms with Crippen LogP contribution in [0.3, 0.4) is 0 Å². The summed E-state index contributed by atoms with van der Waals surface area (Å²) in [5.41, 5.74) is 1.77. The van der Waals surface area contributed by atoms with Gasteiger partial charge in [-0.25, -0.2) is 0 Å². The molecule has 3 fully saturated rings. The first-order chi connectivity index (χ1) is 18.8. The average molecular weight is 533 g/mol. The number of carbonyl (C=O) groups is 3. The van der Waals surface area contributed by atoms with Crippen LogP contribution in [0.25, 0.3) is 0 Å². The second-order valence-corrected chi connectivity index (χ2v) is 10.8. The van der Waals surface area contributed by atoms with Crippen molar-refractivity contribution in [1.82, 2.24) is 9.80 Å². The van der Waals surface area contributed by atoms with Gasteiger partial charge in [0.05, 0.1) is 31.0 Å². The highest BCUT2D eigenvalue weighted by Gasteiger charge is 2.66. The number of ether oxygens (including phenoxy) is 4. The molecule has 0 saturated carbocycles. The summed E-state index contributed by atoms with van der Waals surface area (Å²) in [6.07, 6.45) is 0.701. The molecule has 0 aromatic heterocycles. The third kappa shape index (κ3) is 4.54. The lowest BCUT2D eigenvalue weighted by molar-refractivity contribution is -0.184. The van der Waals surface area contributed by atoms with E-state index >= 15 is 0 Å². The van der Waals surface area contributed by atoms with Crippen LogP contribution < -0.4 is 0 Å². The van der Waals surface area contributed by atoms with Crippen molar-refractivity contribution in [3.05, 3.63) is 83.6 Å². The Bertz CT molecular complexity index is 1290. The van der Waals surface area contributed by atoms with E-state index in [4.69, 9.17) is 18.9 Å². The van der Waals surface area contributed by atoms with Crippen LogP contribution >= 0.6 is 0 Å². The maximum atomic E-state index is 14.0. The predicted molar refractivity (Wildman–Crippen MR) is 138 cm³/mol. The van der Waals surface area contributed by atoms with E-state index < -0.39 is 48.1 Å². The van der Waals surface area contributed by atoms with Gasteiger partial charge in [0.15, 0.2) is 5.79 Å². The van der Waals surface area contributed by atoms with Crippen LogP contribution in [-0.4, -0.2) is 64.5 Å². The summed E-state index contributed by atoms with van der Waals surface area (Å²) in [5.74, 6) is -3.29. The Labute approximate surface area is 227 Å². The Hall–Kier alpha value is -3.53. The minimum absolute atomic E-state index is 0.137. The molecule has 9 heteroatoms. The number of fused-ring (bicyclic) bond motifs is 2. The molecule has 0 aliphatic carbocycles. The van der Waals surface area contributed by atoms with E-state index in [1.807, 2.05) is 85.5 Å². The summed E-state index contributed by atoms with van der Waals surface area (Å²) in [6, 6.07) is 17.4. The Morgan fingerprint density at radius 3 is 2.13 bits per heavy atom. The Morgan fingerprint density at radius 2 is 1.51 bits per heavy atom. The third-order valence-electron chi connectivity index (χ3n) is 7.76. The van der Waals surface area contributed by atoms with E-state index in [2.05, 4.69) is 0 Å². The van der Waals surface area contributed by atoms with Crippen molar-refractivity contribution < 1.29 is 33.3 Å². The molecule has 4 heterocycles. The first-order valence-electron chi connectivity index (χ1n) is 13.4. The molecule has 0 radical (unpaired) electrons. The first-order valence-corrected chi connectivity index (χ1v) is 13.4. The van der Waals surface area contributed by atoms with Crippen molar-refractivity contribution in [3.8, 4) is 0 Å². The lowest BCUT2D eigenvalue weighted by Crippen LogP contribution is -2.48. The number of imide groups is 1. The van der Waals surface area contributed by atoms with E-state index in [9.17, 15) is 14.4 Å². The number of nitrogens with zero attached hydrogens (tertiary/aromatic N) is 2. The van der Waals surface area contributed by atoms with Crippen molar-refractivity contribution in [3.63, 3.8) is 0 Å². The summed E-state index contributed by atoms with van der Waals surface area (Å²) in [5, 5.41) is 0. The fourth-order valence-electron chi connectivity index (χ4n) is 6.25. The van der Waals surface area contributed by atoms with Crippen LogP contribution in [0.15, 0.2) is 72.5 Å². The van der Waals surface area contributed by atoms with Crippen LogP contribution in [0.2, 0.25) is 0 Å². The Kier molecular flexibility index (Phi) is 6.53. The van der Waals surface area contributed by atoms with Crippen LogP contribution in [0.1, 0.15) is 31.9 Å². The molecule has 0 N–H and O–H groups in total. The average Bonchev–Trinajstić information content (AvgIpc) is 3.59. The van der Waals surface area contributed by atoms with Crippen LogP contribution in [-0.2, 0) is 46.4 Å². The van der Waals surface area contributed by atoms with E-state index in [1.54, 1.807) is 6.92 Å². The molecule has 3 saturated heterocycles. The van der Waals surface area contributed by atoms with E-state index in [-0.39, 0.29) is 25.0 Å². The number of hydrogen-bond acceptors (Lipinski definition) is 8. The minimum Gasteiger partial charge on any atom is -0.465 e. The molecule has 2 aromatic carbocycles. The third-order valence-corrected chi connectivity index (χ3v) is 7.76. The topological polar surface area (TPSA) is 94.6 Å². The molecule has 4 aliphatic heterocycles. The largest absolute Gasteiger partial charge is 0.465 e. The molecule has 0 bridgehead atoms. The van der Waals surface area contributed by atoms with Gasteiger partial charge in [-0.2, -0.15) is 0 Å². The number of benzene rings is 2. The Balaban J connectivity index is 1.41. The maximum absolute atomic E-state index is 14.0. The van der Waals surface area contributed by atoms with Gasteiger partial charge in [-0.3, -0.25) is 24.2 Å². The van der Waals surface area contributed by atoms with Crippen molar-refractivity contribution in [2.45, 2.75) is 64.1 Å². The molecule has 9 nitrogen and oxygen atoms in total. The Morgan fingerprint density at radius 1 is 0.897 bits per heavy atom. The summed E-state index contributed by atoms with van der Waals surface area (Å²) in [4.78, 5) is 44.6. The van der Waals surface area contributed by atoms with Gasteiger partial charge in [0, 0.05) is 6.54 Å². The molecule has 204 valence electrons. The van der Waals surface area contributed by atoms with E-state index in [0.717, 1.165) is 11.1 Å². The predicted octanol–water partition coefficient (Wildman–Crippen LogP) is 3.00. The zero-order valence-corrected chi connectivity index (χ0v) is 22.2. The molecule has 39 heavy (non-hydrogen) atoms. The molecule has 6 atom stereocenters. The molecular formula is C30H32N2O7. The molecule has 0 spiro atoms. The highest BCUT2D eigenvalue weighted by Crippen LogP contribution is 2.49. The SMILES string of the molecule is CCOC(=O)[C@@H]1[C@H]2C(=O)N(Cc3ccccc3)C(=O)[C@H]2[C@@H](C2=C[C@H]3OC(C)(C)O[C@H]3O2)N1Cc1ccccc1. The van der Waals surface area contributed by atoms with Crippen LogP contribution in [0.5, 0.6) is 0 Å². The quantitative estimate of drug-likeness (QED) is 0.397. The van der Waals surface area contributed by atoms with Gasteiger partial charge in [0.2, 0.25) is 18.1 Å². The summed E-state index contributed by atoms with van der Waals surface area (Å²) < 4.78 is 23.6. The lowest BCUT2D eigenvalue weighted by Gasteiger charge is -2.33. The molecule has 4 aliphatic rings. The number of amides is 2. The number of hydrogen-bond donors (Lipinski definition) is 0. The second kappa shape index (κ2) is 9.89. The number of esters is 1. The smallest absolute Gasteiger partial charge is 0.324 e. The molecule has 2 aromatic rings. The van der Waals surface area contributed by atoms with Gasteiger partial charge in [0.1, 0.15) is 17.9 Å². The highest BCUT2D eigenvalue weighted by atomic mass is 16.8. The van der Waals surface area contributed by atoms with Gasteiger partial charge in [-0.05, 0) is 38.0 Å². The molecule has 6 rings (SSSR count). The van der Waals surface area contributed by atoms with Crippen LogP contribution in [0, 0.1) is 11.8 Å². The van der Waals surface area contributed by atoms with Gasteiger partial charge < -0.3 is 18.9 Å². The monoisotopic (exact) mass is 532 g/mol. The van der Waals surface area contributed by atoms with Gasteiger partial charge in [-0.15, -0.1) is 0 Å². The zero-order valence-electron chi connectivity index (χ0n) is 22.2. The van der Waals surface area contributed by atoms with Crippen molar-refractivity contribution in [1.29, 1.82) is 0 Å². The minimum atomic E-state index is -0.958. The van der Waals surface area contributed by atoms with E-state index in [1.165, 1.54) is 4.90 Å². The molecular weight excluding hydrogens is 500 g/mol. The normalized spacial score (nSPS) is 31.2. The highest BCUT2D eigenvalue weighted by molar-refractivity contribution is 6.08.